The highest BCUT2D eigenvalue weighted by molar-refractivity contribution is 9.10. The van der Waals surface area contributed by atoms with Gasteiger partial charge in [-0.1, -0.05) is 0 Å². The molecule has 1 aliphatic rings. The van der Waals surface area contributed by atoms with E-state index in [4.69, 9.17) is 4.74 Å². The second-order valence-corrected chi connectivity index (χ2v) is 5.75. The van der Waals surface area contributed by atoms with Gasteiger partial charge in [-0.3, -0.25) is 0 Å². The van der Waals surface area contributed by atoms with E-state index in [-0.39, 0.29) is 11.6 Å². The Labute approximate surface area is 120 Å². The van der Waals surface area contributed by atoms with E-state index in [1.54, 1.807) is 0 Å². The molecule has 1 aromatic carbocycles. The third kappa shape index (κ3) is 3.52. The lowest BCUT2D eigenvalue weighted by atomic mass is 9.89. The number of likely N-dealkylation sites (N-methyl/N-ethyl adjacent to an activating group) is 1. The Hall–Kier alpha value is -0.520. The molecule has 2 atom stereocenters. The third-order valence-electron chi connectivity index (χ3n) is 3.70. The summed E-state index contributed by atoms with van der Waals surface area (Å²) in [5, 5.41) is 3.17. The standard InChI is InChI=1S/C14H18BrF2NO/c1-18-13(9-3-2-6-19-8-9)7-10-12(16)5-4-11(15)14(10)17/h4-5,9,13,18H,2-3,6-8H2,1H3. The zero-order valence-corrected chi connectivity index (χ0v) is 12.5. The molecule has 2 unspecified atom stereocenters. The van der Waals surface area contributed by atoms with Gasteiger partial charge in [-0.25, -0.2) is 8.78 Å². The SMILES string of the molecule is CNC(Cc1c(F)ccc(Br)c1F)C1CCCOC1. The monoisotopic (exact) mass is 333 g/mol. The van der Waals surface area contributed by atoms with E-state index in [2.05, 4.69) is 21.2 Å². The summed E-state index contributed by atoms with van der Waals surface area (Å²) in [6.45, 7) is 1.44. The minimum atomic E-state index is -0.503. The lowest BCUT2D eigenvalue weighted by Crippen LogP contribution is -2.40. The second-order valence-electron chi connectivity index (χ2n) is 4.90. The molecule has 5 heteroatoms. The molecular formula is C14H18BrF2NO. The van der Waals surface area contributed by atoms with E-state index in [0.717, 1.165) is 19.4 Å². The minimum Gasteiger partial charge on any atom is -0.381 e. The smallest absolute Gasteiger partial charge is 0.143 e. The van der Waals surface area contributed by atoms with E-state index >= 15 is 0 Å². The van der Waals surface area contributed by atoms with Gasteiger partial charge in [0.25, 0.3) is 0 Å². The lowest BCUT2D eigenvalue weighted by molar-refractivity contribution is 0.0402. The van der Waals surface area contributed by atoms with Crippen molar-refractivity contribution >= 4 is 15.9 Å². The van der Waals surface area contributed by atoms with Crippen molar-refractivity contribution in [3.05, 3.63) is 33.8 Å². The Morgan fingerprint density at radius 1 is 1.47 bits per heavy atom. The Kier molecular flexibility index (Phi) is 5.30. The second kappa shape index (κ2) is 6.77. The van der Waals surface area contributed by atoms with Gasteiger partial charge in [-0.2, -0.15) is 0 Å². The summed E-state index contributed by atoms with van der Waals surface area (Å²) in [6, 6.07) is 2.72. The average molecular weight is 334 g/mol. The van der Waals surface area contributed by atoms with Crippen molar-refractivity contribution in [1.82, 2.24) is 5.32 Å². The zero-order valence-electron chi connectivity index (χ0n) is 10.9. The first-order valence-corrected chi connectivity index (χ1v) is 7.30. The molecule has 0 amide bonds. The maximum absolute atomic E-state index is 14.0. The fraction of sp³-hybridized carbons (Fsp3) is 0.571. The Morgan fingerprint density at radius 2 is 2.26 bits per heavy atom. The molecule has 0 saturated carbocycles. The molecule has 1 N–H and O–H groups in total. The topological polar surface area (TPSA) is 21.3 Å². The molecule has 1 fully saturated rings. The van der Waals surface area contributed by atoms with Crippen LogP contribution in [0.5, 0.6) is 0 Å². The molecule has 1 saturated heterocycles. The quantitative estimate of drug-likeness (QED) is 0.854. The van der Waals surface area contributed by atoms with Crippen molar-refractivity contribution in [3.63, 3.8) is 0 Å². The summed E-state index contributed by atoms with van der Waals surface area (Å²) in [5.74, 6) is -0.689. The Balaban J connectivity index is 2.15. The minimum absolute atomic E-state index is 0.0265. The van der Waals surface area contributed by atoms with Gasteiger partial charge in [-0.05, 0) is 60.3 Å². The molecule has 1 heterocycles. The fourth-order valence-electron chi connectivity index (χ4n) is 2.56. The van der Waals surface area contributed by atoms with Crippen molar-refractivity contribution < 1.29 is 13.5 Å². The van der Waals surface area contributed by atoms with E-state index in [9.17, 15) is 8.78 Å². The first-order chi connectivity index (χ1) is 9.13. The molecule has 106 valence electrons. The normalized spacial score (nSPS) is 21.4. The van der Waals surface area contributed by atoms with Crippen LogP contribution in [0.2, 0.25) is 0 Å². The number of halogens is 3. The van der Waals surface area contributed by atoms with Crippen LogP contribution in [0.1, 0.15) is 18.4 Å². The van der Waals surface area contributed by atoms with Gasteiger partial charge >= 0.3 is 0 Å². The molecule has 19 heavy (non-hydrogen) atoms. The summed E-state index contributed by atoms with van der Waals surface area (Å²) < 4.78 is 33.5. The number of hydrogen-bond acceptors (Lipinski definition) is 2. The van der Waals surface area contributed by atoms with Crippen molar-refractivity contribution in [2.24, 2.45) is 5.92 Å². The highest BCUT2D eigenvalue weighted by atomic mass is 79.9. The van der Waals surface area contributed by atoms with Crippen molar-refractivity contribution in [1.29, 1.82) is 0 Å². The molecule has 1 aromatic rings. The van der Waals surface area contributed by atoms with Gasteiger partial charge in [0.2, 0.25) is 0 Å². The average Bonchev–Trinajstić information content (AvgIpc) is 2.44. The number of nitrogens with one attached hydrogen (secondary N) is 1. The number of ether oxygens (including phenoxy) is 1. The van der Waals surface area contributed by atoms with Crippen LogP contribution >= 0.6 is 15.9 Å². The van der Waals surface area contributed by atoms with E-state index in [1.165, 1.54) is 12.1 Å². The van der Waals surface area contributed by atoms with Crippen molar-refractivity contribution in [2.45, 2.75) is 25.3 Å². The summed E-state index contributed by atoms with van der Waals surface area (Å²) in [6.07, 6.45) is 2.37. The Bertz CT molecular complexity index is 436. The molecular weight excluding hydrogens is 316 g/mol. The molecule has 0 spiro atoms. The molecule has 2 nitrogen and oxygen atoms in total. The van der Waals surface area contributed by atoms with Crippen molar-refractivity contribution in [2.75, 3.05) is 20.3 Å². The largest absolute Gasteiger partial charge is 0.381 e. The molecule has 0 aliphatic carbocycles. The van der Waals surface area contributed by atoms with Crippen LogP contribution in [0.3, 0.4) is 0 Å². The predicted molar refractivity (Wildman–Crippen MR) is 74.2 cm³/mol. The lowest BCUT2D eigenvalue weighted by Gasteiger charge is -2.30. The van der Waals surface area contributed by atoms with Crippen LogP contribution in [0, 0.1) is 17.6 Å². The van der Waals surface area contributed by atoms with Crippen LogP contribution in [-0.2, 0) is 11.2 Å². The highest BCUT2D eigenvalue weighted by Gasteiger charge is 2.25. The molecule has 0 bridgehead atoms. The summed E-state index contributed by atoms with van der Waals surface area (Å²) in [7, 11) is 1.83. The number of rotatable bonds is 4. The van der Waals surface area contributed by atoms with Gasteiger partial charge in [-0.15, -0.1) is 0 Å². The van der Waals surface area contributed by atoms with E-state index in [0.29, 0.717) is 23.4 Å². The van der Waals surface area contributed by atoms with Gasteiger partial charge in [0.05, 0.1) is 11.1 Å². The maximum atomic E-state index is 14.0. The molecule has 0 radical (unpaired) electrons. The summed E-state index contributed by atoms with van der Waals surface area (Å²) in [4.78, 5) is 0. The van der Waals surface area contributed by atoms with Gasteiger partial charge in [0, 0.05) is 18.2 Å². The van der Waals surface area contributed by atoms with Gasteiger partial charge in [0.15, 0.2) is 0 Å². The first-order valence-electron chi connectivity index (χ1n) is 6.51. The van der Waals surface area contributed by atoms with Crippen LogP contribution in [0.4, 0.5) is 8.78 Å². The van der Waals surface area contributed by atoms with Crippen LogP contribution in [-0.4, -0.2) is 26.3 Å². The highest BCUT2D eigenvalue weighted by Crippen LogP contribution is 2.26. The third-order valence-corrected chi connectivity index (χ3v) is 4.31. The maximum Gasteiger partial charge on any atom is 0.143 e. The first kappa shape index (κ1) is 14.9. The predicted octanol–water partition coefficient (Wildman–Crippen LogP) is 3.28. The van der Waals surface area contributed by atoms with E-state index < -0.39 is 11.6 Å². The number of benzene rings is 1. The van der Waals surface area contributed by atoms with Crippen LogP contribution in [0.25, 0.3) is 0 Å². The fourth-order valence-corrected chi connectivity index (χ4v) is 2.93. The Morgan fingerprint density at radius 3 is 2.89 bits per heavy atom. The van der Waals surface area contributed by atoms with Crippen LogP contribution < -0.4 is 5.32 Å². The number of hydrogen-bond donors (Lipinski definition) is 1. The molecule has 2 rings (SSSR count). The van der Waals surface area contributed by atoms with Crippen LogP contribution in [0.15, 0.2) is 16.6 Å². The molecule has 0 aromatic heterocycles. The van der Waals surface area contributed by atoms with E-state index in [1.807, 2.05) is 7.05 Å². The van der Waals surface area contributed by atoms with Crippen molar-refractivity contribution in [3.8, 4) is 0 Å². The van der Waals surface area contributed by atoms with Gasteiger partial charge < -0.3 is 10.1 Å². The molecule has 1 aliphatic heterocycles. The van der Waals surface area contributed by atoms with Gasteiger partial charge in [0.1, 0.15) is 11.6 Å². The summed E-state index contributed by atoms with van der Waals surface area (Å²) in [5.41, 5.74) is 0.138. The summed E-state index contributed by atoms with van der Waals surface area (Å²) >= 11 is 3.10. The zero-order chi connectivity index (χ0) is 13.8.